The molecule has 1 amide bonds. The highest BCUT2D eigenvalue weighted by Crippen LogP contribution is 2.32. The molecule has 2 aromatic heterocycles. The van der Waals surface area contributed by atoms with Gasteiger partial charge in [0.2, 0.25) is 5.91 Å². The third-order valence-electron chi connectivity index (χ3n) is 6.50. The molecule has 1 aromatic carbocycles. The van der Waals surface area contributed by atoms with E-state index in [0.29, 0.717) is 13.0 Å². The van der Waals surface area contributed by atoms with E-state index in [1.165, 1.54) is 0 Å². The van der Waals surface area contributed by atoms with Crippen LogP contribution >= 0.6 is 0 Å². The van der Waals surface area contributed by atoms with E-state index in [2.05, 4.69) is 22.5 Å². The molecule has 2 heterocycles. The molecular weight excluding hydrogens is 378 g/mol. The van der Waals surface area contributed by atoms with Gasteiger partial charge >= 0.3 is 0 Å². The van der Waals surface area contributed by atoms with Crippen molar-refractivity contribution in [3.8, 4) is 0 Å². The van der Waals surface area contributed by atoms with Crippen LogP contribution < -0.4 is 0 Å². The summed E-state index contributed by atoms with van der Waals surface area (Å²) in [7, 11) is 1.83. The van der Waals surface area contributed by atoms with E-state index in [1.807, 2.05) is 42.9 Å². The highest BCUT2D eigenvalue weighted by Gasteiger charge is 2.37. The van der Waals surface area contributed by atoms with Crippen molar-refractivity contribution in [3.63, 3.8) is 0 Å². The molecule has 3 aromatic rings. The van der Waals surface area contributed by atoms with Crippen molar-refractivity contribution in [2.75, 3.05) is 7.05 Å². The zero-order valence-corrected chi connectivity index (χ0v) is 18.0. The number of benzene rings is 1. The predicted molar refractivity (Wildman–Crippen MR) is 116 cm³/mol. The number of nitrogens with zero attached hydrogens (tertiary/aromatic N) is 5. The SMILES string of the molecule is CCc1nc2ccccc2n1CCC(=O)N(C)[C@@H]1CCC[C@@H](n2ccnc2C)[C@@H]1O. The summed E-state index contributed by atoms with van der Waals surface area (Å²) in [5, 5.41) is 11.1. The van der Waals surface area contributed by atoms with Crippen LogP contribution in [0.15, 0.2) is 36.7 Å². The van der Waals surface area contributed by atoms with Gasteiger partial charge in [0.1, 0.15) is 11.6 Å². The molecule has 4 rings (SSSR count). The highest BCUT2D eigenvalue weighted by molar-refractivity contribution is 5.78. The molecule has 3 atom stereocenters. The molecule has 0 bridgehead atoms. The van der Waals surface area contributed by atoms with Crippen LogP contribution in [0, 0.1) is 6.92 Å². The second kappa shape index (κ2) is 8.60. The second-order valence-electron chi connectivity index (χ2n) is 8.21. The number of aryl methyl sites for hydroxylation is 3. The number of carbonyl (C=O) groups is 1. The maximum Gasteiger partial charge on any atom is 0.224 e. The van der Waals surface area contributed by atoms with Gasteiger partial charge in [0.15, 0.2) is 0 Å². The third-order valence-corrected chi connectivity index (χ3v) is 6.50. The number of para-hydroxylation sites is 2. The van der Waals surface area contributed by atoms with Gasteiger partial charge in [-0.05, 0) is 38.3 Å². The fourth-order valence-electron chi connectivity index (χ4n) is 4.81. The molecule has 0 radical (unpaired) electrons. The van der Waals surface area contributed by atoms with E-state index in [-0.39, 0.29) is 18.0 Å². The summed E-state index contributed by atoms with van der Waals surface area (Å²) >= 11 is 0. The van der Waals surface area contributed by atoms with Crippen molar-refractivity contribution in [3.05, 3.63) is 48.3 Å². The van der Waals surface area contributed by atoms with Gasteiger partial charge in [-0.25, -0.2) is 9.97 Å². The van der Waals surface area contributed by atoms with Gasteiger partial charge < -0.3 is 19.1 Å². The van der Waals surface area contributed by atoms with Gasteiger partial charge in [-0.15, -0.1) is 0 Å². The Kier molecular flexibility index (Phi) is 5.90. The smallest absolute Gasteiger partial charge is 0.224 e. The van der Waals surface area contributed by atoms with Crippen LogP contribution in [0.2, 0.25) is 0 Å². The van der Waals surface area contributed by atoms with Gasteiger partial charge in [0, 0.05) is 38.8 Å². The molecule has 0 spiro atoms. The first-order chi connectivity index (χ1) is 14.5. The molecule has 7 nitrogen and oxygen atoms in total. The van der Waals surface area contributed by atoms with E-state index in [4.69, 9.17) is 4.98 Å². The van der Waals surface area contributed by atoms with Crippen LogP contribution in [0.4, 0.5) is 0 Å². The normalized spacial score (nSPS) is 21.8. The first kappa shape index (κ1) is 20.6. The molecule has 160 valence electrons. The Morgan fingerprint density at radius 3 is 2.83 bits per heavy atom. The number of likely N-dealkylation sites (N-methyl/N-ethyl adjacent to an activating group) is 1. The molecule has 1 aliphatic carbocycles. The predicted octanol–water partition coefficient (Wildman–Crippen LogP) is 3.11. The lowest BCUT2D eigenvalue weighted by Gasteiger charge is -2.40. The van der Waals surface area contributed by atoms with E-state index in [1.54, 1.807) is 11.1 Å². The number of aliphatic hydroxyl groups is 1. The van der Waals surface area contributed by atoms with Crippen LogP contribution in [0.5, 0.6) is 0 Å². The Balaban J connectivity index is 1.46. The Hall–Kier alpha value is -2.67. The third kappa shape index (κ3) is 3.74. The lowest BCUT2D eigenvalue weighted by molar-refractivity contribution is -0.136. The van der Waals surface area contributed by atoms with Gasteiger partial charge in [-0.2, -0.15) is 0 Å². The molecule has 30 heavy (non-hydrogen) atoms. The molecule has 7 heteroatoms. The van der Waals surface area contributed by atoms with Gasteiger partial charge in [-0.3, -0.25) is 4.79 Å². The average molecular weight is 410 g/mol. The quantitative estimate of drug-likeness (QED) is 0.679. The molecule has 1 aliphatic rings. The van der Waals surface area contributed by atoms with Crippen molar-refractivity contribution in [1.29, 1.82) is 0 Å². The van der Waals surface area contributed by atoms with Crippen molar-refractivity contribution in [2.24, 2.45) is 0 Å². The Labute approximate surface area is 177 Å². The van der Waals surface area contributed by atoms with E-state index in [9.17, 15) is 9.90 Å². The number of carbonyl (C=O) groups excluding carboxylic acids is 1. The first-order valence-corrected chi connectivity index (χ1v) is 10.9. The fraction of sp³-hybridized carbons (Fsp3) is 0.522. The summed E-state index contributed by atoms with van der Waals surface area (Å²) < 4.78 is 4.19. The summed E-state index contributed by atoms with van der Waals surface area (Å²) in [6, 6.07) is 7.84. The fourth-order valence-corrected chi connectivity index (χ4v) is 4.81. The summed E-state index contributed by atoms with van der Waals surface area (Å²) in [6.07, 6.45) is 7.01. The number of hydrogen-bond acceptors (Lipinski definition) is 4. The van der Waals surface area contributed by atoms with Crippen LogP contribution in [0.25, 0.3) is 11.0 Å². The number of amides is 1. The molecular formula is C23H31N5O2. The van der Waals surface area contributed by atoms with Gasteiger partial charge in [-0.1, -0.05) is 19.1 Å². The largest absolute Gasteiger partial charge is 0.389 e. The zero-order valence-electron chi connectivity index (χ0n) is 18.0. The minimum Gasteiger partial charge on any atom is -0.389 e. The number of hydrogen-bond donors (Lipinski definition) is 1. The lowest BCUT2D eigenvalue weighted by atomic mass is 9.87. The second-order valence-corrected chi connectivity index (χ2v) is 8.21. The average Bonchev–Trinajstić information content (AvgIpc) is 3.34. The molecule has 1 fully saturated rings. The molecule has 0 aliphatic heterocycles. The molecule has 1 N–H and O–H groups in total. The van der Waals surface area contributed by atoms with Crippen molar-refractivity contribution in [2.45, 2.75) is 70.7 Å². The number of imidazole rings is 2. The highest BCUT2D eigenvalue weighted by atomic mass is 16.3. The maximum atomic E-state index is 13.0. The van der Waals surface area contributed by atoms with Crippen LogP contribution in [0.3, 0.4) is 0 Å². The first-order valence-electron chi connectivity index (χ1n) is 10.9. The van der Waals surface area contributed by atoms with E-state index < -0.39 is 6.10 Å². The van der Waals surface area contributed by atoms with Crippen molar-refractivity contribution < 1.29 is 9.90 Å². The summed E-state index contributed by atoms with van der Waals surface area (Å²) in [5.41, 5.74) is 2.04. The number of aromatic nitrogens is 4. The van der Waals surface area contributed by atoms with Crippen molar-refractivity contribution in [1.82, 2.24) is 24.0 Å². The van der Waals surface area contributed by atoms with E-state index >= 15 is 0 Å². The summed E-state index contributed by atoms with van der Waals surface area (Å²) in [6.45, 7) is 4.63. The Bertz CT molecular complexity index is 1020. The maximum absolute atomic E-state index is 13.0. The van der Waals surface area contributed by atoms with E-state index in [0.717, 1.165) is 48.4 Å². The minimum absolute atomic E-state index is 0.0363. The molecule has 0 saturated heterocycles. The lowest BCUT2D eigenvalue weighted by Crippen LogP contribution is -2.50. The number of fused-ring (bicyclic) bond motifs is 1. The molecule has 1 saturated carbocycles. The van der Waals surface area contributed by atoms with Crippen molar-refractivity contribution >= 4 is 16.9 Å². The Morgan fingerprint density at radius 1 is 1.30 bits per heavy atom. The van der Waals surface area contributed by atoms with Crippen LogP contribution in [0.1, 0.15) is 50.3 Å². The standard InChI is InChI=1S/C23H31N5O2/c1-4-21-25-17-8-5-6-9-18(17)28(21)14-12-22(29)26(3)19-10-7-11-20(23(19)30)27-15-13-24-16(27)2/h5-6,8-9,13,15,19-20,23,30H,4,7,10-12,14H2,1-3H3/t19-,20-,23-/m1/s1. The topological polar surface area (TPSA) is 76.2 Å². The monoisotopic (exact) mass is 409 g/mol. The van der Waals surface area contributed by atoms with Gasteiger partial charge in [0.05, 0.1) is 29.2 Å². The van der Waals surface area contributed by atoms with Crippen LogP contribution in [-0.2, 0) is 17.8 Å². The summed E-state index contributed by atoms with van der Waals surface area (Å²) in [4.78, 5) is 23.8. The minimum atomic E-state index is -0.596. The zero-order chi connectivity index (χ0) is 21.3. The number of rotatable bonds is 6. The Morgan fingerprint density at radius 2 is 2.10 bits per heavy atom. The number of aliphatic hydroxyl groups excluding tert-OH is 1. The summed E-state index contributed by atoms with van der Waals surface area (Å²) in [5.74, 6) is 1.95. The van der Waals surface area contributed by atoms with Gasteiger partial charge in [0.25, 0.3) is 0 Å². The van der Waals surface area contributed by atoms with Crippen LogP contribution in [-0.4, -0.2) is 54.2 Å². The molecule has 0 unspecified atom stereocenters.